The van der Waals surface area contributed by atoms with Gasteiger partial charge in [-0.3, -0.25) is 9.59 Å². The van der Waals surface area contributed by atoms with E-state index < -0.39 is 30.2 Å². The van der Waals surface area contributed by atoms with Crippen molar-refractivity contribution in [2.45, 2.75) is 6.61 Å². The van der Waals surface area contributed by atoms with Crippen LogP contribution in [0.4, 0.5) is 14.9 Å². The number of hydrogen-bond acceptors (Lipinski definition) is 4. The van der Waals surface area contributed by atoms with E-state index >= 15 is 0 Å². The first-order valence-corrected chi connectivity index (χ1v) is 12.5. The molecule has 4 aromatic rings. The molecular formula is C29H20Cl2FN3O4. The monoisotopic (exact) mass is 563 g/mol. The summed E-state index contributed by atoms with van der Waals surface area (Å²) in [7, 11) is 0. The number of hydrogen-bond donors (Lipinski definition) is 2. The van der Waals surface area contributed by atoms with Crippen LogP contribution in [0, 0.1) is 5.82 Å². The highest BCUT2D eigenvalue weighted by Gasteiger charge is 2.35. The molecule has 1 aliphatic rings. The highest BCUT2D eigenvalue weighted by atomic mass is 35.5. The Labute approximate surface area is 232 Å². The van der Waals surface area contributed by atoms with Crippen molar-refractivity contribution in [3.8, 4) is 5.75 Å². The van der Waals surface area contributed by atoms with Gasteiger partial charge in [-0.15, -0.1) is 0 Å². The predicted octanol–water partition coefficient (Wildman–Crippen LogP) is 6.40. The van der Waals surface area contributed by atoms with Gasteiger partial charge in [0.15, 0.2) is 5.75 Å². The van der Waals surface area contributed by atoms with Crippen molar-refractivity contribution in [1.29, 1.82) is 0 Å². The lowest BCUT2D eigenvalue weighted by Gasteiger charge is -2.12. The molecule has 1 heterocycles. The van der Waals surface area contributed by atoms with Gasteiger partial charge in [-0.25, -0.2) is 14.1 Å². The smallest absolute Gasteiger partial charge is 0.329 e. The molecule has 0 aromatic heterocycles. The molecule has 196 valence electrons. The topological polar surface area (TPSA) is 87.7 Å². The molecule has 0 aliphatic carbocycles. The molecular weight excluding hydrogens is 544 g/mol. The number of imide groups is 1. The third-order valence-electron chi connectivity index (χ3n) is 5.94. The second-order valence-electron chi connectivity index (χ2n) is 8.69. The van der Waals surface area contributed by atoms with E-state index in [-0.39, 0.29) is 33.8 Å². The Balaban J connectivity index is 1.26. The summed E-state index contributed by atoms with van der Waals surface area (Å²) in [5.74, 6) is -1.82. The SMILES string of the molecule is O=C(CN1C(=O)N/C(=C/c2cc(Cl)c(OCc3ccc4ccccc4c3)c(Cl)c2)C1=O)Nc1ccccc1F. The van der Waals surface area contributed by atoms with Crippen molar-refractivity contribution in [3.05, 3.63) is 112 Å². The van der Waals surface area contributed by atoms with Gasteiger partial charge in [0.2, 0.25) is 5.91 Å². The number of nitrogens with one attached hydrogen (secondary N) is 2. The predicted molar refractivity (Wildman–Crippen MR) is 148 cm³/mol. The summed E-state index contributed by atoms with van der Waals surface area (Å²) in [5.41, 5.74) is 1.24. The molecule has 1 aliphatic heterocycles. The van der Waals surface area contributed by atoms with Gasteiger partial charge in [0.05, 0.1) is 15.7 Å². The van der Waals surface area contributed by atoms with Gasteiger partial charge in [-0.05, 0) is 58.3 Å². The largest absolute Gasteiger partial charge is 0.486 e. The zero-order valence-corrected chi connectivity index (χ0v) is 21.7. The lowest BCUT2D eigenvalue weighted by atomic mass is 10.1. The van der Waals surface area contributed by atoms with Crippen LogP contribution >= 0.6 is 23.2 Å². The van der Waals surface area contributed by atoms with Crippen LogP contribution in [0.15, 0.2) is 84.6 Å². The van der Waals surface area contributed by atoms with Crippen LogP contribution in [0.25, 0.3) is 16.8 Å². The Bertz CT molecular complexity index is 1630. The van der Waals surface area contributed by atoms with Crippen LogP contribution in [-0.4, -0.2) is 29.3 Å². The molecule has 2 N–H and O–H groups in total. The number of ether oxygens (including phenoxy) is 1. The van der Waals surface area contributed by atoms with Gasteiger partial charge in [-0.1, -0.05) is 71.7 Å². The van der Waals surface area contributed by atoms with Gasteiger partial charge >= 0.3 is 6.03 Å². The summed E-state index contributed by atoms with van der Waals surface area (Å²) >= 11 is 12.9. The first kappa shape index (κ1) is 26.2. The Kier molecular flexibility index (Phi) is 7.49. The summed E-state index contributed by atoms with van der Waals surface area (Å²) < 4.78 is 19.7. The van der Waals surface area contributed by atoms with Crippen molar-refractivity contribution >= 4 is 63.6 Å². The average Bonchev–Trinajstić information content (AvgIpc) is 3.16. The third kappa shape index (κ3) is 5.87. The van der Waals surface area contributed by atoms with Gasteiger partial charge in [-0.2, -0.15) is 0 Å². The van der Waals surface area contributed by atoms with E-state index in [0.717, 1.165) is 16.3 Å². The molecule has 1 fully saturated rings. The van der Waals surface area contributed by atoms with Crippen molar-refractivity contribution in [2.75, 3.05) is 11.9 Å². The number of carbonyl (C=O) groups excluding carboxylic acids is 3. The quantitative estimate of drug-likeness (QED) is 0.201. The number of benzene rings is 4. The lowest BCUT2D eigenvalue weighted by molar-refractivity contribution is -0.127. The fraction of sp³-hybridized carbons (Fsp3) is 0.0690. The molecule has 0 radical (unpaired) electrons. The number of amides is 4. The van der Waals surface area contributed by atoms with Crippen molar-refractivity contribution in [3.63, 3.8) is 0 Å². The standard InChI is InChI=1S/C29H20Cl2FN3O4/c30-21-12-18(13-22(31)27(21)39-16-17-9-10-19-5-1-2-6-20(19)11-17)14-25-28(37)35(29(38)34-25)15-26(36)33-24-8-4-3-7-23(24)32/h1-14H,15-16H2,(H,33,36)(H,34,38)/b25-14+. The van der Waals surface area contributed by atoms with Gasteiger partial charge < -0.3 is 15.4 Å². The Morgan fingerprint density at radius 2 is 1.64 bits per heavy atom. The molecule has 10 heteroatoms. The van der Waals surface area contributed by atoms with Crippen LogP contribution in [0.5, 0.6) is 5.75 Å². The number of halogens is 3. The van der Waals surface area contributed by atoms with Crippen molar-refractivity contribution in [2.24, 2.45) is 0 Å². The molecule has 39 heavy (non-hydrogen) atoms. The number of nitrogens with zero attached hydrogens (tertiary/aromatic N) is 1. The maximum Gasteiger partial charge on any atom is 0.329 e. The van der Waals surface area contributed by atoms with Gasteiger partial charge in [0, 0.05) is 0 Å². The Morgan fingerprint density at radius 1 is 0.949 bits per heavy atom. The molecule has 0 bridgehead atoms. The first-order chi connectivity index (χ1) is 18.8. The van der Waals surface area contributed by atoms with E-state index in [0.29, 0.717) is 10.5 Å². The van der Waals surface area contributed by atoms with Crippen LogP contribution in [0.1, 0.15) is 11.1 Å². The molecule has 5 rings (SSSR count). The fourth-order valence-electron chi connectivity index (χ4n) is 4.06. The summed E-state index contributed by atoms with van der Waals surface area (Å²) in [5, 5.41) is 7.40. The highest BCUT2D eigenvalue weighted by Crippen LogP contribution is 2.36. The van der Waals surface area contributed by atoms with Crippen molar-refractivity contribution in [1.82, 2.24) is 10.2 Å². The van der Waals surface area contributed by atoms with E-state index in [2.05, 4.69) is 10.6 Å². The second kappa shape index (κ2) is 11.1. The minimum Gasteiger partial charge on any atom is -0.486 e. The van der Waals surface area contributed by atoms with Crippen LogP contribution in [0.3, 0.4) is 0 Å². The summed E-state index contributed by atoms with van der Waals surface area (Å²) in [6.45, 7) is -0.359. The Morgan fingerprint density at radius 3 is 2.38 bits per heavy atom. The normalized spacial score (nSPS) is 14.1. The van der Waals surface area contributed by atoms with Crippen molar-refractivity contribution < 1.29 is 23.5 Å². The molecule has 4 aromatic carbocycles. The zero-order chi connectivity index (χ0) is 27.5. The molecule has 4 amide bonds. The Hall–Kier alpha value is -4.40. The van der Waals surface area contributed by atoms with E-state index in [1.54, 1.807) is 18.2 Å². The van der Waals surface area contributed by atoms with Gasteiger partial charge in [0.25, 0.3) is 5.91 Å². The van der Waals surface area contributed by atoms with E-state index in [1.165, 1.54) is 24.3 Å². The summed E-state index contributed by atoms with van der Waals surface area (Å²) in [6, 6.07) is 21.8. The number of fused-ring (bicyclic) bond motifs is 1. The first-order valence-electron chi connectivity index (χ1n) is 11.8. The molecule has 0 saturated carbocycles. The summed E-state index contributed by atoms with van der Waals surface area (Å²) in [4.78, 5) is 38.2. The molecule has 7 nitrogen and oxygen atoms in total. The average molecular weight is 564 g/mol. The van der Waals surface area contributed by atoms with Crippen LogP contribution < -0.4 is 15.4 Å². The minimum atomic E-state index is -0.789. The maximum atomic E-state index is 13.8. The van der Waals surface area contributed by atoms with E-state index in [1.807, 2.05) is 42.5 Å². The molecule has 0 spiro atoms. The number of anilines is 1. The molecule has 0 unspecified atom stereocenters. The molecule has 0 atom stereocenters. The highest BCUT2D eigenvalue weighted by molar-refractivity contribution is 6.37. The zero-order valence-electron chi connectivity index (χ0n) is 20.2. The second-order valence-corrected chi connectivity index (χ2v) is 9.51. The van der Waals surface area contributed by atoms with Gasteiger partial charge in [0.1, 0.15) is 24.7 Å². The molecule has 1 saturated heterocycles. The lowest BCUT2D eigenvalue weighted by Crippen LogP contribution is -2.38. The minimum absolute atomic E-state index is 0.0578. The number of urea groups is 1. The van der Waals surface area contributed by atoms with Crippen LogP contribution in [0.2, 0.25) is 10.0 Å². The fourth-order valence-corrected chi connectivity index (χ4v) is 4.68. The van der Waals surface area contributed by atoms with Crippen LogP contribution in [-0.2, 0) is 16.2 Å². The number of para-hydroxylation sites is 1. The number of carbonyl (C=O) groups is 3. The third-order valence-corrected chi connectivity index (χ3v) is 6.50. The van der Waals surface area contributed by atoms with E-state index in [9.17, 15) is 18.8 Å². The number of rotatable bonds is 7. The van der Waals surface area contributed by atoms with E-state index in [4.69, 9.17) is 27.9 Å². The summed E-state index contributed by atoms with van der Waals surface area (Å²) in [6.07, 6.45) is 1.39. The maximum absolute atomic E-state index is 13.8.